The minimum atomic E-state index is -0.256. The molecule has 10 heavy (non-hydrogen) atoms. The van der Waals surface area contributed by atoms with E-state index in [9.17, 15) is 0 Å². The first-order valence-corrected chi connectivity index (χ1v) is 3.31. The van der Waals surface area contributed by atoms with Gasteiger partial charge in [0.15, 0.2) is 7.05 Å². The maximum atomic E-state index is 5.17. The summed E-state index contributed by atoms with van der Waals surface area (Å²) in [6.45, 7) is 2.65. The number of hydrogen-bond donors (Lipinski definition) is 0. The number of quaternary nitrogens is 1. The Hall–Kier alpha value is -0.160. The van der Waals surface area contributed by atoms with Gasteiger partial charge in [-0.15, -0.1) is 14.5 Å². The van der Waals surface area contributed by atoms with Crippen molar-refractivity contribution in [3.8, 4) is 0 Å². The van der Waals surface area contributed by atoms with E-state index in [-0.39, 0.29) is 4.97 Å². The Bertz CT molecular complexity index is 83.1. The second-order valence-corrected chi connectivity index (χ2v) is 1.97. The van der Waals surface area contributed by atoms with Crippen LogP contribution >= 0.6 is 0 Å². The van der Waals surface area contributed by atoms with Crippen molar-refractivity contribution < 1.29 is 19.5 Å². The Morgan fingerprint density at radius 2 is 1.70 bits per heavy atom. The molecule has 0 aliphatic heterocycles. The largest absolute Gasteiger partial charge is 0.168 e. The zero-order chi connectivity index (χ0) is 8.04. The Labute approximate surface area is 61.7 Å². The summed E-state index contributed by atoms with van der Waals surface area (Å²) in [5.41, 5.74) is 0. The molecule has 0 unspecified atom stereocenters. The van der Waals surface area contributed by atoms with Crippen LogP contribution in [0.25, 0.3) is 0 Å². The third-order valence-electron chi connectivity index (χ3n) is 1.19. The summed E-state index contributed by atoms with van der Waals surface area (Å²) in [6.07, 6.45) is 0.945. The monoisotopic (exact) mass is 150 g/mol. The highest BCUT2D eigenvalue weighted by molar-refractivity contribution is 4.13. The van der Waals surface area contributed by atoms with E-state index in [1.165, 1.54) is 14.2 Å². The average molecular weight is 150 g/mol. The molecule has 0 aliphatic rings. The summed E-state index contributed by atoms with van der Waals surface area (Å²) >= 11 is 0. The molecule has 0 saturated carbocycles. The van der Waals surface area contributed by atoms with Crippen LogP contribution in [0.5, 0.6) is 0 Å². The lowest BCUT2D eigenvalue weighted by molar-refractivity contribution is -1.35. The van der Waals surface area contributed by atoms with E-state index in [2.05, 4.69) is 0 Å². The molecule has 0 bridgehead atoms. The van der Waals surface area contributed by atoms with Crippen LogP contribution < -0.4 is 0 Å². The van der Waals surface area contributed by atoms with Crippen LogP contribution in [-0.4, -0.2) is 32.8 Å². The molecule has 0 aromatic heterocycles. The van der Waals surface area contributed by atoms with Gasteiger partial charge in [0.2, 0.25) is 0 Å². The summed E-state index contributed by atoms with van der Waals surface area (Å²) in [7, 11) is 4.73. The van der Waals surface area contributed by atoms with Crippen LogP contribution in [-0.2, 0) is 14.5 Å². The molecule has 0 spiro atoms. The second kappa shape index (κ2) is 4.62. The Balaban J connectivity index is 3.58. The van der Waals surface area contributed by atoms with Gasteiger partial charge in [0.1, 0.15) is 20.8 Å². The SMILES string of the molecule is CCCO[N+](C)(OC)OC. The molecule has 4 heteroatoms. The molecule has 0 rings (SSSR count). The van der Waals surface area contributed by atoms with Gasteiger partial charge in [0.05, 0.1) is 4.97 Å². The third kappa shape index (κ3) is 3.12. The van der Waals surface area contributed by atoms with Gasteiger partial charge in [-0.05, 0) is 6.42 Å². The van der Waals surface area contributed by atoms with Crippen molar-refractivity contribution in [3.05, 3.63) is 0 Å². The topological polar surface area (TPSA) is 27.7 Å². The fourth-order valence-electron chi connectivity index (χ4n) is 0.437. The molecule has 4 nitrogen and oxygen atoms in total. The normalized spacial score (nSPS) is 12.0. The van der Waals surface area contributed by atoms with E-state index >= 15 is 0 Å². The maximum absolute atomic E-state index is 5.17. The van der Waals surface area contributed by atoms with Gasteiger partial charge in [-0.2, -0.15) is 0 Å². The number of rotatable bonds is 5. The van der Waals surface area contributed by atoms with Crippen molar-refractivity contribution in [1.82, 2.24) is 0 Å². The standard InChI is InChI=1S/C6H16NO3/c1-5-6-10-7(2,8-3)9-4/h5-6H2,1-4H3/q+1. The van der Waals surface area contributed by atoms with Crippen molar-refractivity contribution in [2.24, 2.45) is 0 Å². The van der Waals surface area contributed by atoms with Gasteiger partial charge in [-0.3, -0.25) is 0 Å². The first kappa shape index (κ1) is 9.84. The van der Waals surface area contributed by atoms with Crippen molar-refractivity contribution >= 4 is 0 Å². The predicted octanol–water partition coefficient (Wildman–Crippen LogP) is 0.897. The highest BCUT2D eigenvalue weighted by Gasteiger charge is 2.23. The minimum Gasteiger partial charge on any atom is -0.135 e. The van der Waals surface area contributed by atoms with Crippen molar-refractivity contribution in [1.29, 1.82) is 0 Å². The first-order valence-electron chi connectivity index (χ1n) is 3.31. The second-order valence-electron chi connectivity index (χ2n) is 1.97. The molecule has 0 aromatic carbocycles. The van der Waals surface area contributed by atoms with Crippen molar-refractivity contribution in [3.63, 3.8) is 0 Å². The Morgan fingerprint density at radius 1 is 1.20 bits per heavy atom. The molecular formula is C6H16NO3+. The lowest BCUT2D eigenvalue weighted by atomic mass is 10.5. The summed E-state index contributed by atoms with van der Waals surface area (Å²) < 4.78 is 0. The molecule has 0 fully saturated rings. The van der Waals surface area contributed by atoms with Crippen molar-refractivity contribution in [2.45, 2.75) is 13.3 Å². The summed E-state index contributed by atoms with van der Waals surface area (Å²) in [4.78, 5) is 14.7. The van der Waals surface area contributed by atoms with Gasteiger partial charge in [-0.1, -0.05) is 6.92 Å². The smallest absolute Gasteiger partial charge is 0.135 e. The predicted molar refractivity (Wildman–Crippen MR) is 36.4 cm³/mol. The third-order valence-corrected chi connectivity index (χ3v) is 1.19. The fraction of sp³-hybridized carbons (Fsp3) is 1.00. The molecule has 0 heterocycles. The van der Waals surface area contributed by atoms with Gasteiger partial charge < -0.3 is 0 Å². The fourth-order valence-corrected chi connectivity index (χ4v) is 0.437. The Morgan fingerprint density at radius 3 is 2.00 bits per heavy atom. The van der Waals surface area contributed by atoms with E-state index < -0.39 is 0 Å². The average Bonchev–Trinajstić information content (AvgIpc) is 2.00. The number of hydrogen-bond acceptors (Lipinski definition) is 3. The van der Waals surface area contributed by atoms with Crippen LogP contribution in [0.1, 0.15) is 13.3 Å². The van der Waals surface area contributed by atoms with E-state index in [1.54, 1.807) is 7.05 Å². The molecule has 0 atom stereocenters. The van der Waals surface area contributed by atoms with E-state index in [4.69, 9.17) is 14.5 Å². The van der Waals surface area contributed by atoms with Crippen LogP contribution in [0.15, 0.2) is 0 Å². The molecular weight excluding hydrogens is 134 g/mol. The molecule has 0 aliphatic carbocycles. The van der Waals surface area contributed by atoms with Gasteiger partial charge in [-0.25, -0.2) is 0 Å². The van der Waals surface area contributed by atoms with Crippen LogP contribution in [0, 0.1) is 0 Å². The highest BCUT2D eigenvalue weighted by atomic mass is 17.2. The number of nitrogens with zero attached hydrogens (tertiary/aromatic N) is 1. The maximum Gasteiger partial charge on any atom is 0.168 e. The zero-order valence-electron chi connectivity index (χ0n) is 7.09. The van der Waals surface area contributed by atoms with E-state index in [0.29, 0.717) is 6.61 Å². The lowest BCUT2D eigenvalue weighted by Crippen LogP contribution is -2.41. The van der Waals surface area contributed by atoms with Crippen LogP contribution in [0.2, 0.25) is 0 Å². The number of hydroxylamine groups is 3. The summed E-state index contributed by atoms with van der Waals surface area (Å²) in [5.74, 6) is 0. The van der Waals surface area contributed by atoms with Gasteiger partial charge in [0.25, 0.3) is 0 Å². The highest BCUT2D eigenvalue weighted by Crippen LogP contribution is 2.03. The van der Waals surface area contributed by atoms with Crippen molar-refractivity contribution in [2.75, 3.05) is 27.9 Å². The molecule has 0 radical (unpaired) electrons. The van der Waals surface area contributed by atoms with Crippen LogP contribution in [0.4, 0.5) is 0 Å². The summed E-state index contributed by atoms with van der Waals surface area (Å²) in [5, 5.41) is 0. The minimum absolute atomic E-state index is 0.256. The van der Waals surface area contributed by atoms with Gasteiger partial charge in [0, 0.05) is 0 Å². The van der Waals surface area contributed by atoms with E-state index in [0.717, 1.165) is 6.42 Å². The van der Waals surface area contributed by atoms with Crippen LogP contribution in [0.3, 0.4) is 0 Å². The first-order chi connectivity index (χ1) is 4.68. The molecule has 0 aromatic rings. The molecule has 0 amide bonds. The van der Waals surface area contributed by atoms with E-state index in [1.807, 2.05) is 6.92 Å². The lowest BCUT2D eigenvalue weighted by Gasteiger charge is -2.21. The molecule has 0 saturated heterocycles. The van der Waals surface area contributed by atoms with Gasteiger partial charge >= 0.3 is 0 Å². The Kier molecular flexibility index (Phi) is 4.55. The zero-order valence-corrected chi connectivity index (χ0v) is 7.09. The summed E-state index contributed by atoms with van der Waals surface area (Å²) in [6, 6.07) is 0. The quantitative estimate of drug-likeness (QED) is 0.430. The molecule has 62 valence electrons. The molecule has 0 N–H and O–H groups in total.